The van der Waals surface area contributed by atoms with Crippen LogP contribution in [0.1, 0.15) is 59.1 Å². The van der Waals surface area contributed by atoms with Gasteiger partial charge in [-0.05, 0) is 43.9 Å². The lowest BCUT2D eigenvalue weighted by Gasteiger charge is -2.31. The summed E-state index contributed by atoms with van der Waals surface area (Å²) in [6.07, 6.45) is 2.19. The maximum Gasteiger partial charge on any atom is 0.310 e. The van der Waals surface area contributed by atoms with Crippen molar-refractivity contribution in [1.82, 2.24) is 24.9 Å². The maximum absolute atomic E-state index is 13.2. The van der Waals surface area contributed by atoms with Crippen molar-refractivity contribution in [2.45, 2.75) is 45.7 Å². The molecular weight excluding hydrogens is 481 g/mol. The van der Waals surface area contributed by atoms with Gasteiger partial charge in [-0.25, -0.2) is 4.39 Å². The number of carbonyl (C=O) groups excluding carboxylic acids is 4. The van der Waals surface area contributed by atoms with E-state index in [-0.39, 0.29) is 48.2 Å². The molecule has 10 nitrogen and oxygen atoms in total. The van der Waals surface area contributed by atoms with E-state index in [4.69, 9.17) is 4.74 Å². The molecule has 1 N–H and O–H groups in total. The Bertz CT molecular complexity index is 1150. The molecule has 3 amide bonds. The summed E-state index contributed by atoms with van der Waals surface area (Å²) in [5.74, 6) is -1.77. The van der Waals surface area contributed by atoms with Gasteiger partial charge in [0.25, 0.3) is 11.8 Å². The van der Waals surface area contributed by atoms with Crippen LogP contribution in [0.3, 0.4) is 0 Å². The summed E-state index contributed by atoms with van der Waals surface area (Å²) < 4.78 is 19.8. The molecule has 11 heteroatoms. The number of halogens is 1. The molecule has 2 aromatic rings. The number of amides is 3. The van der Waals surface area contributed by atoms with Crippen LogP contribution in [0.4, 0.5) is 4.39 Å². The van der Waals surface area contributed by atoms with Crippen LogP contribution < -0.4 is 5.32 Å². The highest BCUT2D eigenvalue weighted by Gasteiger charge is 2.30. The summed E-state index contributed by atoms with van der Waals surface area (Å²) in [4.78, 5) is 53.7. The van der Waals surface area contributed by atoms with Gasteiger partial charge >= 0.3 is 5.97 Å². The highest BCUT2D eigenvalue weighted by atomic mass is 19.1. The molecule has 1 saturated heterocycles. The summed E-state index contributed by atoms with van der Waals surface area (Å²) in [6, 6.07) is 7.48. The smallest absolute Gasteiger partial charge is 0.310 e. The molecule has 4 rings (SSSR count). The minimum Gasteiger partial charge on any atom is -0.466 e. The third kappa shape index (κ3) is 6.52. The van der Waals surface area contributed by atoms with Crippen molar-refractivity contribution in [1.29, 1.82) is 0 Å². The fourth-order valence-electron chi connectivity index (χ4n) is 4.69. The summed E-state index contributed by atoms with van der Waals surface area (Å²) in [7, 11) is 0. The van der Waals surface area contributed by atoms with Gasteiger partial charge in [0.2, 0.25) is 5.91 Å². The molecule has 0 aliphatic carbocycles. The Balaban J connectivity index is 1.30. The molecule has 0 radical (unpaired) electrons. The van der Waals surface area contributed by atoms with Gasteiger partial charge in [0, 0.05) is 51.8 Å². The predicted molar refractivity (Wildman–Crippen MR) is 131 cm³/mol. The molecule has 198 valence electrons. The summed E-state index contributed by atoms with van der Waals surface area (Å²) >= 11 is 0. The van der Waals surface area contributed by atoms with Gasteiger partial charge in [0.1, 0.15) is 11.5 Å². The number of fused-ring (bicyclic) bond motifs is 1. The number of ether oxygens (including phenoxy) is 1. The second-order valence-corrected chi connectivity index (χ2v) is 9.28. The van der Waals surface area contributed by atoms with Crippen molar-refractivity contribution in [3.05, 3.63) is 53.1 Å². The lowest BCUT2D eigenvalue weighted by atomic mass is 9.98. The molecule has 1 fully saturated rings. The Morgan fingerprint density at radius 1 is 1.14 bits per heavy atom. The number of esters is 1. The van der Waals surface area contributed by atoms with E-state index in [2.05, 4.69) is 10.4 Å². The van der Waals surface area contributed by atoms with Gasteiger partial charge in [-0.1, -0.05) is 12.1 Å². The van der Waals surface area contributed by atoms with Gasteiger partial charge in [-0.15, -0.1) is 0 Å². The van der Waals surface area contributed by atoms with E-state index >= 15 is 0 Å². The molecule has 0 spiro atoms. The van der Waals surface area contributed by atoms with Gasteiger partial charge in [0.05, 0.1) is 12.5 Å². The number of hydrogen-bond acceptors (Lipinski definition) is 6. The third-order valence-corrected chi connectivity index (χ3v) is 6.62. The zero-order valence-corrected chi connectivity index (χ0v) is 21.0. The summed E-state index contributed by atoms with van der Waals surface area (Å²) in [5, 5.41) is 7.01. The highest BCUT2D eigenvalue weighted by molar-refractivity contribution is 5.98. The summed E-state index contributed by atoms with van der Waals surface area (Å²) in [5.41, 5.74) is 1.24. The second-order valence-electron chi connectivity index (χ2n) is 9.28. The van der Waals surface area contributed by atoms with Crippen LogP contribution in [0.5, 0.6) is 0 Å². The zero-order valence-electron chi connectivity index (χ0n) is 21.0. The average molecular weight is 514 g/mol. The normalized spacial score (nSPS) is 17.7. The van der Waals surface area contributed by atoms with Crippen molar-refractivity contribution in [2.75, 3.05) is 32.8 Å². The second kappa shape index (κ2) is 12.0. The molecule has 0 saturated carbocycles. The van der Waals surface area contributed by atoms with Gasteiger partial charge < -0.3 is 19.9 Å². The van der Waals surface area contributed by atoms with Crippen LogP contribution in [0.25, 0.3) is 0 Å². The number of nitrogens with one attached hydrogen (secondary N) is 1. The number of piperidine rings is 1. The standard InChI is InChI=1S/C26H32FN5O5/c1-2-37-26(36)19-5-3-12-30(17-19)23(33)10-11-28-24(34)21-15-22-25(35)31(13-4-14-32(22)29-21)16-18-6-8-20(27)9-7-18/h6-9,15,19H,2-5,10-14,16-17H2,1H3,(H,28,34). The minimum absolute atomic E-state index is 0.0965. The quantitative estimate of drug-likeness (QED) is 0.540. The Morgan fingerprint density at radius 2 is 1.92 bits per heavy atom. The molecule has 1 aromatic heterocycles. The highest BCUT2D eigenvalue weighted by Crippen LogP contribution is 2.19. The van der Waals surface area contributed by atoms with E-state index in [1.807, 2.05) is 0 Å². The first-order chi connectivity index (χ1) is 17.9. The lowest BCUT2D eigenvalue weighted by Crippen LogP contribution is -2.43. The molecule has 3 heterocycles. The number of nitrogens with zero attached hydrogens (tertiary/aromatic N) is 4. The zero-order chi connectivity index (χ0) is 26.4. The number of likely N-dealkylation sites (tertiary alicyclic amines) is 1. The topological polar surface area (TPSA) is 114 Å². The first kappa shape index (κ1) is 26.3. The van der Waals surface area contributed by atoms with Crippen molar-refractivity contribution >= 4 is 23.7 Å². The van der Waals surface area contributed by atoms with Crippen LogP contribution in [0.2, 0.25) is 0 Å². The number of aryl methyl sites for hydroxylation is 1. The Hall–Kier alpha value is -3.76. The van der Waals surface area contributed by atoms with Gasteiger partial charge in [-0.2, -0.15) is 5.10 Å². The van der Waals surface area contributed by atoms with Crippen molar-refractivity contribution in [3.8, 4) is 0 Å². The minimum atomic E-state index is -0.464. The number of rotatable bonds is 8. The average Bonchev–Trinajstić information content (AvgIpc) is 3.27. The fourth-order valence-corrected chi connectivity index (χ4v) is 4.69. The molecule has 1 unspecified atom stereocenters. The maximum atomic E-state index is 13.2. The predicted octanol–water partition coefficient (Wildman–Crippen LogP) is 1.99. The molecule has 37 heavy (non-hydrogen) atoms. The Labute approximate surface area is 214 Å². The number of benzene rings is 1. The van der Waals surface area contributed by atoms with Crippen LogP contribution in [0.15, 0.2) is 30.3 Å². The third-order valence-electron chi connectivity index (χ3n) is 6.62. The Kier molecular flexibility index (Phi) is 8.52. The van der Waals surface area contributed by atoms with Crippen LogP contribution in [-0.4, -0.2) is 76.1 Å². The lowest BCUT2D eigenvalue weighted by molar-refractivity contribution is -0.151. The summed E-state index contributed by atoms with van der Waals surface area (Å²) in [6.45, 7) is 4.44. The largest absolute Gasteiger partial charge is 0.466 e. The molecular formula is C26H32FN5O5. The van der Waals surface area contributed by atoms with E-state index in [9.17, 15) is 23.6 Å². The molecule has 2 aliphatic rings. The van der Waals surface area contributed by atoms with Gasteiger partial charge in [-0.3, -0.25) is 23.9 Å². The number of hydrogen-bond donors (Lipinski definition) is 1. The van der Waals surface area contributed by atoms with E-state index in [0.717, 1.165) is 12.0 Å². The van der Waals surface area contributed by atoms with Crippen molar-refractivity contribution < 1.29 is 28.3 Å². The molecule has 0 bridgehead atoms. The number of carbonyl (C=O) groups is 4. The van der Waals surface area contributed by atoms with Crippen LogP contribution in [0, 0.1) is 11.7 Å². The van der Waals surface area contributed by atoms with Crippen LogP contribution in [-0.2, 0) is 27.4 Å². The van der Waals surface area contributed by atoms with Crippen LogP contribution >= 0.6 is 0 Å². The van der Waals surface area contributed by atoms with E-state index in [1.54, 1.807) is 28.9 Å². The van der Waals surface area contributed by atoms with Gasteiger partial charge in [0.15, 0.2) is 5.69 Å². The molecule has 2 aliphatic heterocycles. The SMILES string of the molecule is CCOC(=O)C1CCCN(C(=O)CCNC(=O)c2cc3n(n2)CCCN(Cc2ccc(F)cc2)C3=O)C1. The Morgan fingerprint density at radius 3 is 2.68 bits per heavy atom. The molecule has 1 atom stereocenters. The first-order valence-electron chi connectivity index (χ1n) is 12.7. The monoisotopic (exact) mass is 513 g/mol. The first-order valence-corrected chi connectivity index (χ1v) is 12.7. The fraction of sp³-hybridized carbons (Fsp3) is 0.500. The molecule has 1 aromatic carbocycles. The van der Waals surface area contributed by atoms with E-state index in [0.29, 0.717) is 57.9 Å². The van der Waals surface area contributed by atoms with Crippen molar-refractivity contribution in [3.63, 3.8) is 0 Å². The van der Waals surface area contributed by atoms with Crippen molar-refractivity contribution in [2.24, 2.45) is 5.92 Å². The van der Waals surface area contributed by atoms with E-state index < -0.39 is 5.91 Å². The van der Waals surface area contributed by atoms with E-state index in [1.165, 1.54) is 22.9 Å². The number of aromatic nitrogens is 2.